The van der Waals surface area contributed by atoms with Gasteiger partial charge in [0.25, 0.3) is 5.91 Å². The molecule has 0 spiro atoms. The zero-order valence-corrected chi connectivity index (χ0v) is 14.3. The van der Waals surface area contributed by atoms with Crippen molar-refractivity contribution in [3.8, 4) is 0 Å². The van der Waals surface area contributed by atoms with E-state index in [4.69, 9.17) is 11.6 Å². The molecule has 0 bridgehead atoms. The summed E-state index contributed by atoms with van der Waals surface area (Å²) in [6.45, 7) is 0. The highest BCUT2D eigenvalue weighted by atomic mass is 35.5. The topological polar surface area (TPSA) is 54.9 Å². The van der Waals surface area contributed by atoms with Crippen molar-refractivity contribution in [2.45, 2.75) is 10.9 Å². The molecule has 1 heterocycles. The van der Waals surface area contributed by atoms with E-state index in [-0.39, 0.29) is 5.91 Å². The Balaban J connectivity index is 1.60. The molecule has 0 aliphatic heterocycles. The molecule has 0 radical (unpaired) electrons. The number of nitrogens with zero attached hydrogens (tertiary/aromatic N) is 2. The summed E-state index contributed by atoms with van der Waals surface area (Å²) in [6, 6.07) is 16.9. The van der Waals surface area contributed by atoms with Crippen molar-refractivity contribution in [3.63, 3.8) is 0 Å². The van der Waals surface area contributed by atoms with Gasteiger partial charge in [0.2, 0.25) is 10.3 Å². The average molecular weight is 362 g/mol. The lowest BCUT2D eigenvalue weighted by atomic mass is 10.2. The number of thioether (sulfide) groups is 1. The minimum Gasteiger partial charge on any atom is -0.297 e. The van der Waals surface area contributed by atoms with Gasteiger partial charge in [-0.2, -0.15) is 9.36 Å². The van der Waals surface area contributed by atoms with Crippen molar-refractivity contribution in [1.82, 2.24) is 9.36 Å². The number of amides is 1. The maximum Gasteiger partial charge on any atom is 0.257 e. The Morgan fingerprint density at radius 2 is 2.00 bits per heavy atom. The normalized spacial score (nSPS) is 10.5. The van der Waals surface area contributed by atoms with Crippen LogP contribution in [0.2, 0.25) is 5.02 Å². The number of benzene rings is 2. The van der Waals surface area contributed by atoms with Gasteiger partial charge in [-0.3, -0.25) is 10.1 Å². The molecular weight excluding hydrogens is 350 g/mol. The number of anilines is 1. The molecule has 0 saturated carbocycles. The first-order valence-electron chi connectivity index (χ1n) is 6.78. The number of hydrogen-bond acceptors (Lipinski definition) is 5. The predicted octanol–water partition coefficient (Wildman–Crippen LogP) is 4.74. The van der Waals surface area contributed by atoms with Crippen LogP contribution in [-0.2, 0) is 5.75 Å². The van der Waals surface area contributed by atoms with E-state index in [1.807, 2.05) is 18.2 Å². The van der Waals surface area contributed by atoms with Crippen LogP contribution in [0.1, 0.15) is 15.9 Å². The van der Waals surface area contributed by atoms with Crippen LogP contribution in [0.3, 0.4) is 0 Å². The summed E-state index contributed by atoms with van der Waals surface area (Å²) in [7, 11) is 0. The summed E-state index contributed by atoms with van der Waals surface area (Å²) in [5, 5.41) is 4.39. The Hall–Kier alpha value is -1.89. The van der Waals surface area contributed by atoms with Crippen molar-refractivity contribution >= 4 is 45.9 Å². The molecule has 3 aromatic rings. The highest BCUT2D eigenvalue weighted by Crippen LogP contribution is 2.24. The number of rotatable bonds is 5. The van der Waals surface area contributed by atoms with Gasteiger partial charge < -0.3 is 0 Å². The molecule has 0 unspecified atom stereocenters. The summed E-state index contributed by atoms with van der Waals surface area (Å²) in [6.07, 6.45) is 0. The minimum atomic E-state index is -0.247. The van der Waals surface area contributed by atoms with Crippen LogP contribution >= 0.6 is 34.9 Å². The van der Waals surface area contributed by atoms with E-state index in [2.05, 4.69) is 26.8 Å². The molecule has 3 rings (SSSR count). The Bertz CT molecular complexity index is 808. The van der Waals surface area contributed by atoms with Gasteiger partial charge in [-0.15, -0.1) is 0 Å². The largest absolute Gasteiger partial charge is 0.297 e. The molecule has 116 valence electrons. The van der Waals surface area contributed by atoms with Crippen molar-refractivity contribution in [3.05, 3.63) is 70.7 Å². The Labute approximate surface area is 147 Å². The highest BCUT2D eigenvalue weighted by Gasteiger charge is 2.11. The summed E-state index contributed by atoms with van der Waals surface area (Å²) in [4.78, 5) is 16.4. The molecule has 0 aliphatic rings. The SMILES string of the molecule is O=C(Nc1nc(SCc2ccccc2)ns1)c1cccc(Cl)c1. The van der Waals surface area contributed by atoms with E-state index < -0.39 is 0 Å². The van der Waals surface area contributed by atoms with Crippen LogP contribution in [0.4, 0.5) is 5.13 Å². The van der Waals surface area contributed by atoms with E-state index in [0.717, 1.165) is 5.75 Å². The molecule has 0 fully saturated rings. The molecule has 0 saturated heterocycles. The van der Waals surface area contributed by atoms with Gasteiger partial charge in [0.15, 0.2) is 0 Å². The molecule has 2 aromatic carbocycles. The summed E-state index contributed by atoms with van der Waals surface area (Å²) < 4.78 is 4.25. The quantitative estimate of drug-likeness (QED) is 0.667. The van der Waals surface area contributed by atoms with Gasteiger partial charge in [0, 0.05) is 27.9 Å². The molecule has 7 heteroatoms. The Kier molecular flexibility index (Phi) is 5.27. The summed E-state index contributed by atoms with van der Waals surface area (Å²) in [5.41, 5.74) is 1.70. The van der Waals surface area contributed by atoms with Crippen molar-refractivity contribution < 1.29 is 4.79 Å². The number of aromatic nitrogens is 2. The standard InChI is InChI=1S/C16H12ClN3OS2/c17-13-8-4-7-12(9-13)14(21)18-15-19-16(20-23-15)22-10-11-5-2-1-3-6-11/h1-9H,10H2,(H,18,19,20,21). The smallest absolute Gasteiger partial charge is 0.257 e. The van der Waals surface area contributed by atoms with Crippen LogP contribution in [0, 0.1) is 0 Å². The monoisotopic (exact) mass is 361 g/mol. The predicted molar refractivity (Wildman–Crippen MR) is 95.3 cm³/mol. The van der Waals surface area contributed by atoms with Crippen LogP contribution in [0.15, 0.2) is 59.8 Å². The molecule has 1 N–H and O–H groups in total. The third kappa shape index (κ3) is 4.54. The second-order valence-corrected chi connectivity index (χ2v) is 6.75. The van der Waals surface area contributed by atoms with Gasteiger partial charge in [-0.1, -0.05) is 59.8 Å². The Morgan fingerprint density at radius 3 is 2.78 bits per heavy atom. The highest BCUT2D eigenvalue weighted by molar-refractivity contribution is 7.98. The lowest BCUT2D eigenvalue weighted by Gasteiger charge is -2.01. The van der Waals surface area contributed by atoms with Crippen LogP contribution in [-0.4, -0.2) is 15.3 Å². The summed E-state index contributed by atoms with van der Waals surface area (Å²) in [5.74, 6) is 0.544. The van der Waals surface area contributed by atoms with Crippen LogP contribution in [0.5, 0.6) is 0 Å². The molecular formula is C16H12ClN3OS2. The molecule has 23 heavy (non-hydrogen) atoms. The lowest BCUT2D eigenvalue weighted by Crippen LogP contribution is -2.11. The fourth-order valence-corrected chi connectivity index (χ4v) is 3.53. The number of halogens is 1. The lowest BCUT2D eigenvalue weighted by molar-refractivity contribution is 0.102. The van der Waals surface area contributed by atoms with E-state index in [0.29, 0.717) is 20.9 Å². The fraction of sp³-hybridized carbons (Fsp3) is 0.0625. The van der Waals surface area contributed by atoms with Crippen LogP contribution < -0.4 is 5.32 Å². The maximum atomic E-state index is 12.1. The minimum absolute atomic E-state index is 0.247. The Morgan fingerprint density at radius 1 is 1.17 bits per heavy atom. The maximum absolute atomic E-state index is 12.1. The zero-order valence-electron chi connectivity index (χ0n) is 11.9. The van der Waals surface area contributed by atoms with Gasteiger partial charge >= 0.3 is 0 Å². The summed E-state index contributed by atoms with van der Waals surface area (Å²) >= 11 is 8.59. The van der Waals surface area contributed by atoms with E-state index in [1.54, 1.807) is 24.3 Å². The third-order valence-corrected chi connectivity index (χ3v) is 4.83. The van der Waals surface area contributed by atoms with E-state index in [9.17, 15) is 4.79 Å². The average Bonchev–Trinajstić information content (AvgIpc) is 3.01. The first kappa shape index (κ1) is 16.0. The second-order valence-electron chi connectivity index (χ2n) is 4.62. The van der Waals surface area contributed by atoms with Crippen molar-refractivity contribution in [2.75, 3.05) is 5.32 Å². The second kappa shape index (κ2) is 7.59. The van der Waals surface area contributed by atoms with E-state index >= 15 is 0 Å². The molecule has 1 amide bonds. The number of nitrogens with one attached hydrogen (secondary N) is 1. The first-order chi connectivity index (χ1) is 11.2. The molecule has 0 atom stereocenters. The molecule has 1 aromatic heterocycles. The first-order valence-corrected chi connectivity index (χ1v) is 8.92. The number of carbonyl (C=O) groups excluding carboxylic acids is 1. The van der Waals surface area contributed by atoms with E-state index in [1.165, 1.54) is 28.9 Å². The van der Waals surface area contributed by atoms with Crippen molar-refractivity contribution in [2.24, 2.45) is 0 Å². The zero-order chi connectivity index (χ0) is 16.1. The van der Waals surface area contributed by atoms with Crippen LogP contribution in [0.25, 0.3) is 0 Å². The molecule has 0 aliphatic carbocycles. The molecule has 4 nitrogen and oxygen atoms in total. The fourth-order valence-electron chi connectivity index (χ4n) is 1.84. The number of hydrogen-bond donors (Lipinski definition) is 1. The van der Waals surface area contributed by atoms with Gasteiger partial charge in [0.1, 0.15) is 0 Å². The third-order valence-electron chi connectivity index (χ3n) is 2.93. The van der Waals surface area contributed by atoms with Gasteiger partial charge in [-0.05, 0) is 23.8 Å². The van der Waals surface area contributed by atoms with Gasteiger partial charge in [0.05, 0.1) is 0 Å². The number of carbonyl (C=O) groups is 1. The van der Waals surface area contributed by atoms with Gasteiger partial charge in [-0.25, -0.2) is 0 Å². The van der Waals surface area contributed by atoms with Crippen molar-refractivity contribution in [1.29, 1.82) is 0 Å².